The summed E-state index contributed by atoms with van der Waals surface area (Å²) >= 11 is 14.7. The smallest absolute Gasteiger partial charge is 0.320 e. The third kappa shape index (κ3) is 79.1. The van der Waals surface area contributed by atoms with Crippen LogP contribution in [0.1, 0.15) is 374 Å². The van der Waals surface area contributed by atoms with E-state index in [-0.39, 0.29) is 65.5 Å². The van der Waals surface area contributed by atoms with Gasteiger partial charge >= 0.3 is 47.8 Å². The molecule has 770 valence electrons. The Balaban J connectivity index is -0.000000738. The lowest BCUT2D eigenvalue weighted by atomic mass is 9.84. The van der Waals surface area contributed by atoms with Crippen molar-refractivity contribution >= 4 is 93.6 Å². The highest BCUT2D eigenvalue weighted by Crippen LogP contribution is 2.35. The molecule has 0 amide bonds. The zero-order chi connectivity index (χ0) is 101. The number of ether oxygens (including phenoxy) is 12. The van der Waals surface area contributed by atoms with E-state index >= 15 is 0 Å². The molecule has 0 bridgehead atoms. The maximum absolute atomic E-state index is 11.7. The quantitative estimate of drug-likeness (QED) is 0.00769. The highest BCUT2D eigenvalue weighted by molar-refractivity contribution is 6.63. The Morgan fingerprint density at radius 2 is 0.759 bits per heavy atom. The zero-order valence-corrected chi connectivity index (χ0v) is 85.7. The van der Waals surface area contributed by atoms with Crippen molar-refractivity contribution in [3.8, 4) is 0 Å². The van der Waals surface area contributed by atoms with Crippen LogP contribution in [0.5, 0.6) is 0 Å². The average Bonchev–Trinajstić information content (AvgIpc) is 0.788. The van der Waals surface area contributed by atoms with E-state index in [1.165, 1.54) is 190 Å². The Kier molecular flexibility index (Phi) is 86.8. The molecular formula is C102H174Cl3NO27. The van der Waals surface area contributed by atoms with E-state index in [1.807, 2.05) is 90.1 Å². The van der Waals surface area contributed by atoms with Crippen LogP contribution >= 0.6 is 34.8 Å². The summed E-state index contributed by atoms with van der Waals surface area (Å²) in [6.45, 7) is 42.9. The molecule has 5 rings (SSSR count). The van der Waals surface area contributed by atoms with Crippen molar-refractivity contribution in [3.63, 3.8) is 0 Å². The first-order valence-corrected chi connectivity index (χ1v) is 49.7. The number of halogens is 3. The van der Waals surface area contributed by atoms with Crippen LogP contribution < -0.4 is 0 Å². The van der Waals surface area contributed by atoms with Gasteiger partial charge in [0.15, 0.2) is 37.0 Å². The number of carbonyl (C=O) groups excluding carboxylic acids is 9. The summed E-state index contributed by atoms with van der Waals surface area (Å²) in [5, 5.41) is 46.7. The fraction of sp³-hybridized carbons (Fsp3) is 0.755. The summed E-state index contributed by atoms with van der Waals surface area (Å²) in [7, 11) is 0. The van der Waals surface area contributed by atoms with E-state index in [2.05, 4.69) is 47.4 Å². The van der Waals surface area contributed by atoms with Gasteiger partial charge in [0.2, 0.25) is 11.5 Å². The van der Waals surface area contributed by atoms with Crippen LogP contribution in [0.2, 0.25) is 0 Å². The number of carbonyl (C=O) groups is 10. The Bertz CT molecular complexity index is 3160. The number of unbranched alkanes of at least 4 members (excludes halogenated alkanes) is 30. The Morgan fingerprint density at radius 3 is 1.11 bits per heavy atom. The first kappa shape index (κ1) is 133. The standard InChI is InChI=1S/C24H40O8.C18H34O5.C13H22O3.C12H20O5.C12H24O.C11H19ClO.C6H8O4.C5H5N.CH2Cl2/c1-7-8-9-10-11-12-13-14-15-16(2)28-24-23(32-20(6)27)22(31-19(5)26)21(17(3)29-24)30-18(4)25;1-4-5-6-7-8-9-10-11-12-13(2)22-18-17(21)16(20)15(19)14(3)23-18;1-2-3-4-5-6-7-8-9-10-12(14)11-13(15)16;1-6-7(2)11(16-9(4)13)12(15-8(6)3)17-10(5)14;1-3-4-5-6-7-8-9-10-11-12(2)13;1-2-3-4-5-6-7-8-9-10-11(12)13;1-6(2)9-4(7)3-5(8)10-6;1-2-4-6-5-3-1;2-1-3/h7,16-17,21-24H,1,8-15H2,2-6H3;4,13-21H,1,5-12H2,2-3H3;2H,1,3-11H2,(H,15,16);6-8,11-12H,1-5H3;3,12-13H,1,4-11H2,2H3;2H,1,3-10H2;3H2,1-2H3;1-5H;1H2/t16?,17?,21-,22-,23?,24+;13?,14?,15-,16-,17?,18+;;6-,7+,8?,11?,12?;;;;;/m00.1...../s1. The molecule has 0 spiro atoms. The van der Waals surface area contributed by atoms with Gasteiger partial charge in [0, 0.05) is 79.6 Å². The molecule has 31 heteroatoms. The number of hydrogen-bond acceptors (Lipinski definition) is 27. The fourth-order valence-corrected chi connectivity index (χ4v) is 14.1. The highest BCUT2D eigenvalue weighted by Gasteiger charge is 2.52. The van der Waals surface area contributed by atoms with E-state index in [9.17, 15) is 63.3 Å². The second kappa shape index (κ2) is 87.0. The molecule has 0 radical (unpaired) electrons. The summed E-state index contributed by atoms with van der Waals surface area (Å²) in [4.78, 5) is 114. The number of hydrogen-bond donors (Lipinski definition) is 5. The fourth-order valence-electron chi connectivity index (χ4n) is 14.0. The molecule has 0 aromatic carbocycles. The molecule has 4 fully saturated rings. The Hall–Kier alpha value is -6.54. The first-order chi connectivity index (χ1) is 63.1. The molecular weight excluding hydrogens is 1780 g/mol. The predicted octanol–water partition coefficient (Wildman–Crippen LogP) is 22.0. The van der Waals surface area contributed by atoms with E-state index < -0.39 is 127 Å². The third-order valence-corrected chi connectivity index (χ3v) is 21.5. The predicted molar refractivity (Wildman–Crippen MR) is 522 cm³/mol. The first-order valence-electron chi connectivity index (χ1n) is 48.3. The van der Waals surface area contributed by atoms with Gasteiger partial charge < -0.3 is 82.4 Å². The number of carboxylic acids is 1. The molecule has 0 aliphatic carbocycles. The van der Waals surface area contributed by atoms with E-state index in [4.69, 9.17) is 92.4 Å². The summed E-state index contributed by atoms with van der Waals surface area (Å²) in [5.41, 5.74) is 0. The third-order valence-electron chi connectivity index (χ3n) is 21.4. The highest BCUT2D eigenvalue weighted by atomic mass is 35.5. The second-order valence-electron chi connectivity index (χ2n) is 34.4. The van der Waals surface area contributed by atoms with Crippen molar-refractivity contribution in [1.82, 2.24) is 4.98 Å². The second-order valence-corrected chi connectivity index (χ2v) is 35.7. The van der Waals surface area contributed by atoms with Crippen LogP contribution in [-0.4, -0.2) is 199 Å². The summed E-state index contributed by atoms with van der Waals surface area (Å²) in [6.07, 6.45) is 46.2. The van der Waals surface area contributed by atoms with Gasteiger partial charge in [-0.2, -0.15) is 0 Å². The average molecular weight is 1950 g/mol. The van der Waals surface area contributed by atoms with Gasteiger partial charge in [-0.25, -0.2) is 0 Å². The SMILES string of the molecule is C=CCCCCCCCCC(=O)CC(=O)O.C=CCCCCCCCCC(=O)Cl.C=CCCCCCCCCC(C)O.C=CCCCCCCCCC(C)O[C@@H]1OC(C)[C@H](O)[C@H](O)C1O.C=CCCCCCCCCC(C)O[C@@H]1OC(C)[C@H](OC(C)=O)[C@H](OC(C)=O)C1OC(C)=O.CC(=O)OC1OC(C)[C@H](C)[C@H](C)C1OC(C)=O.CC1(C)OC(=O)CC(=O)O1.ClCCl.c1ccncc1. The van der Waals surface area contributed by atoms with Crippen molar-refractivity contribution in [2.45, 2.75) is 478 Å². The van der Waals surface area contributed by atoms with Gasteiger partial charge in [0.05, 0.1) is 42.0 Å². The van der Waals surface area contributed by atoms with Gasteiger partial charge in [0.25, 0.3) is 5.79 Å². The molecule has 4 aliphatic rings. The summed E-state index contributed by atoms with van der Waals surface area (Å²) in [5.74, 6) is -5.56. The number of aromatic nitrogens is 1. The topological polar surface area (TPSA) is 396 Å². The minimum absolute atomic E-state index is 0.0406. The summed E-state index contributed by atoms with van der Waals surface area (Å²) < 4.78 is 64.4. The molecule has 4 saturated heterocycles. The number of pyridine rings is 1. The number of rotatable bonds is 56. The van der Waals surface area contributed by atoms with Crippen LogP contribution in [0.4, 0.5) is 0 Å². The number of carboxylic acid groups (broad SMARTS) is 1. The molecule has 1 aromatic rings. The minimum atomic E-state index is -1.23. The van der Waals surface area contributed by atoms with Crippen molar-refractivity contribution in [3.05, 3.63) is 93.9 Å². The lowest BCUT2D eigenvalue weighted by Crippen LogP contribution is -2.61. The van der Waals surface area contributed by atoms with Gasteiger partial charge in [-0.3, -0.25) is 52.9 Å². The van der Waals surface area contributed by atoms with Crippen LogP contribution in [0.25, 0.3) is 0 Å². The van der Waals surface area contributed by atoms with Gasteiger partial charge in [-0.05, 0) is 168 Å². The normalized spacial score (nSPS) is 22.4. The Labute approximate surface area is 812 Å². The number of aliphatic hydroxyl groups is 4. The maximum atomic E-state index is 11.7. The molecule has 18 atom stereocenters. The summed E-state index contributed by atoms with van der Waals surface area (Å²) in [6, 6.07) is 5.72. The monoisotopic (exact) mass is 1950 g/mol. The van der Waals surface area contributed by atoms with Crippen LogP contribution in [0, 0.1) is 11.8 Å². The zero-order valence-electron chi connectivity index (χ0n) is 83.4. The molecule has 5 heterocycles. The van der Waals surface area contributed by atoms with Crippen molar-refractivity contribution < 1.29 is 130 Å². The number of aliphatic hydroxyl groups excluding tert-OH is 4. The van der Waals surface area contributed by atoms with E-state index in [1.54, 1.807) is 26.2 Å². The van der Waals surface area contributed by atoms with Gasteiger partial charge in [0.1, 0.15) is 36.9 Å². The molecule has 1 aromatic heterocycles. The number of esters is 7. The van der Waals surface area contributed by atoms with Crippen molar-refractivity contribution in [2.75, 3.05) is 5.34 Å². The van der Waals surface area contributed by atoms with Crippen LogP contribution in [0.15, 0.2) is 93.9 Å². The molecule has 28 nitrogen and oxygen atoms in total. The Morgan fingerprint density at radius 1 is 0.429 bits per heavy atom. The van der Waals surface area contributed by atoms with Crippen LogP contribution in [0.3, 0.4) is 0 Å². The number of aliphatic carboxylic acids is 1. The van der Waals surface area contributed by atoms with Crippen molar-refractivity contribution in [1.29, 1.82) is 0 Å². The number of ketones is 1. The number of allylic oxidation sites excluding steroid dienone is 5. The van der Waals surface area contributed by atoms with E-state index in [0.717, 1.165) is 103 Å². The number of nitrogens with zero attached hydrogens (tertiary/aromatic N) is 1. The lowest BCUT2D eigenvalue weighted by Gasteiger charge is -2.44. The minimum Gasteiger partial charge on any atom is -0.481 e. The molecule has 10 unspecified atom stereocenters. The van der Waals surface area contributed by atoms with Crippen molar-refractivity contribution in [2.24, 2.45) is 11.8 Å². The van der Waals surface area contributed by atoms with Crippen LogP contribution in [-0.2, 0) is 105 Å². The van der Waals surface area contributed by atoms with Gasteiger partial charge in [-0.1, -0.05) is 198 Å². The number of Topliss-reactive ketones (excluding diaryl/α,β-unsaturated/α-hetero) is 1. The lowest BCUT2D eigenvalue weighted by molar-refractivity contribution is -0.309. The number of cyclic esters (lactones) is 2. The maximum Gasteiger partial charge on any atom is 0.320 e. The van der Waals surface area contributed by atoms with Gasteiger partial charge in [-0.15, -0.1) is 56.1 Å². The molecule has 4 aliphatic heterocycles. The molecule has 5 N–H and O–H groups in total. The van der Waals surface area contributed by atoms with E-state index in [0.29, 0.717) is 12.8 Å². The molecule has 0 saturated carbocycles. The number of alkyl halides is 2. The molecule has 133 heavy (non-hydrogen) atoms. The largest absolute Gasteiger partial charge is 0.481 e.